The monoisotopic (exact) mass is 474 g/mol. The molecule has 0 saturated carbocycles. The lowest BCUT2D eigenvalue weighted by Gasteiger charge is -2.25. The van der Waals surface area contributed by atoms with Gasteiger partial charge in [0.25, 0.3) is 0 Å². The van der Waals surface area contributed by atoms with Gasteiger partial charge in [-0.1, -0.05) is 0 Å². The van der Waals surface area contributed by atoms with Crippen molar-refractivity contribution in [1.82, 2.24) is 21.3 Å². The molecule has 1 saturated heterocycles. The molecule has 12 nitrogen and oxygen atoms in total. The Balaban J connectivity index is 2.89. The Hall–Kier alpha value is -2.38. The molecule has 182 valence electrons. The van der Waals surface area contributed by atoms with Crippen LogP contribution in [0, 0.1) is 0 Å². The maximum Gasteiger partial charge on any atom is 0.327 e. The second kappa shape index (κ2) is 14.6. The van der Waals surface area contributed by atoms with E-state index in [1.54, 1.807) is 0 Å². The van der Waals surface area contributed by atoms with Crippen LogP contribution in [0.3, 0.4) is 0 Å². The van der Waals surface area contributed by atoms with Gasteiger partial charge in [-0.15, -0.1) is 0 Å². The van der Waals surface area contributed by atoms with Crippen molar-refractivity contribution in [3.05, 3.63) is 0 Å². The zero-order valence-electron chi connectivity index (χ0n) is 18.0. The first-order chi connectivity index (χ1) is 15.2. The molecule has 1 heterocycles. The van der Waals surface area contributed by atoms with Crippen LogP contribution in [0.15, 0.2) is 0 Å². The van der Waals surface area contributed by atoms with Crippen molar-refractivity contribution in [3.8, 4) is 0 Å². The van der Waals surface area contributed by atoms with Gasteiger partial charge in [-0.3, -0.25) is 19.2 Å². The number of nitrogens with two attached hydrogens (primary N) is 2. The summed E-state index contributed by atoms with van der Waals surface area (Å²) >= 11 is 3.92. The van der Waals surface area contributed by atoms with E-state index in [2.05, 4.69) is 33.9 Å². The number of unbranched alkanes of at least 4 members (excludes halogenated alkanes) is 1. The van der Waals surface area contributed by atoms with Gasteiger partial charge in [-0.25, -0.2) is 4.79 Å². The van der Waals surface area contributed by atoms with E-state index in [1.165, 1.54) is 0 Å². The number of rotatable bonds is 15. The highest BCUT2D eigenvalue weighted by molar-refractivity contribution is 7.80. The normalized spacial score (nSPS) is 18.2. The summed E-state index contributed by atoms with van der Waals surface area (Å²) in [5.74, 6) is -3.74. The molecule has 0 radical (unpaired) electrons. The van der Waals surface area contributed by atoms with E-state index in [-0.39, 0.29) is 30.9 Å². The Bertz CT molecular complexity index is 673. The minimum atomic E-state index is -1.25. The maximum absolute atomic E-state index is 12.9. The van der Waals surface area contributed by atoms with Crippen LogP contribution in [0.2, 0.25) is 0 Å². The largest absolute Gasteiger partial charge is 0.480 e. The minimum Gasteiger partial charge on any atom is -0.480 e. The molecule has 0 aromatic heterocycles. The third-order valence-electron chi connectivity index (χ3n) is 5.07. The highest BCUT2D eigenvalue weighted by Gasteiger charge is 2.31. The first-order valence-corrected chi connectivity index (χ1v) is 11.3. The summed E-state index contributed by atoms with van der Waals surface area (Å²) in [6.45, 7) is 1.08. The summed E-state index contributed by atoms with van der Waals surface area (Å²) in [6.07, 6.45) is 2.61. The lowest BCUT2D eigenvalue weighted by molar-refractivity contribution is -0.141. The predicted octanol–water partition coefficient (Wildman–Crippen LogP) is -2.40. The van der Waals surface area contributed by atoms with Crippen molar-refractivity contribution in [1.29, 1.82) is 0 Å². The highest BCUT2D eigenvalue weighted by atomic mass is 32.1. The zero-order chi connectivity index (χ0) is 24.1. The minimum absolute atomic E-state index is 0.0366. The summed E-state index contributed by atoms with van der Waals surface area (Å²) in [7, 11) is 0. The second-order valence-electron chi connectivity index (χ2n) is 7.64. The average molecular weight is 475 g/mol. The number of carboxylic acid groups (broad SMARTS) is 1. The molecule has 1 rings (SSSR count). The number of amides is 4. The van der Waals surface area contributed by atoms with E-state index in [0.29, 0.717) is 32.4 Å². The van der Waals surface area contributed by atoms with Crippen molar-refractivity contribution >= 4 is 42.2 Å². The summed E-state index contributed by atoms with van der Waals surface area (Å²) in [5, 5.41) is 19.7. The Morgan fingerprint density at radius 3 is 2.12 bits per heavy atom. The van der Waals surface area contributed by atoms with Gasteiger partial charge in [0.2, 0.25) is 23.6 Å². The first kappa shape index (κ1) is 27.7. The van der Waals surface area contributed by atoms with Crippen molar-refractivity contribution < 1.29 is 29.1 Å². The molecule has 4 unspecified atom stereocenters. The number of aliphatic carboxylic acids is 1. The van der Waals surface area contributed by atoms with Crippen molar-refractivity contribution in [3.63, 3.8) is 0 Å². The van der Waals surface area contributed by atoms with E-state index in [0.717, 1.165) is 6.42 Å². The van der Waals surface area contributed by atoms with E-state index in [4.69, 9.17) is 16.6 Å². The maximum atomic E-state index is 12.9. The highest BCUT2D eigenvalue weighted by Crippen LogP contribution is 2.08. The van der Waals surface area contributed by atoms with Gasteiger partial charge in [0.15, 0.2) is 0 Å². The van der Waals surface area contributed by atoms with Crippen LogP contribution in [-0.4, -0.2) is 77.7 Å². The fraction of sp³-hybridized carbons (Fsp3) is 0.737. The molecule has 0 spiro atoms. The van der Waals surface area contributed by atoms with Gasteiger partial charge in [0, 0.05) is 12.2 Å². The molecule has 0 aromatic rings. The molecular weight excluding hydrogens is 440 g/mol. The third-order valence-corrected chi connectivity index (χ3v) is 5.43. The van der Waals surface area contributed by atoms with Crippen LogP contribution in [0.5, 0.6) is 0 Å². The lowest BCUT2D eigenvalue weighted by atomic mass is 10.1. The summed E-state index contributed by atoms with van der Waals surface area (Å²) < 4.78 is 0. The van der Waals surface area contributed by atoms with E-state index >= 15 is 0 Å². The topological polar surface area (TPSA) is 206 Å². The Labute approximate surface area is 192 Å². The lowest BCUT2D eigenvalue weighted by Crippen LogP contribution is -2.57. The van der Waals surface area contributed by atoms with Crippen molar-refractivity contribution in [2.75, 3.05) is 18.8 Å². The molecule has 13 heteroatoms. The number of nitrogens with one attached hydrogen (secondary N) is 4. The fourth-order valence-electron chi connectivity index (χ4n) is 3.23. The molecule has 4 atom stereocenters. The van der Waals surface area contributed by atoms with Crippen LogP contribution in [0.4, 0.5) is 0 Å². The smallest absolute Gasteiger partial charge is 0.327 e. The van der Waals surface area contributed by atoms with Gasteiger partial charge in [0.05, 0.1) is 6.04 Å². The van der Waals surface area contributed by atoms with Crippen LogP contribution in [-0.2, 0) is 24.0 Å². The quantitative estimate of drug-likeness (QED) is 0.0946. The Morgan fingerprint density at radius 1 is 1.00 bits per heavy atom. The fourth-order valence-corrected chi connectivity index (χ4v) is 3.48. The van der Waals surface area contributed by atoms with E-state index in [1.807, 2.05) is 0 Å². The standard InChI is InChI=1S/C19H34N6O6S/c20-8-2-1-4-12(17(28)25-14(10-32)19(30)31)23-18(29)13(6-7-15(21)26)24-16(27)11-5-3-9-22-11/h11-14,22,32H,1-10,20H2,(H2,21,26)(H,23,29)(H,24,27)(H,25,28)(H,30,31). The number of carbonyl (C=O) groups is 5. The van der Waals surface area contributed by atoms with Crippen LogP contribution in [0.25, 0.3) is 0 Å². The first-order valence-electron chi connectivity index (χ1n) is 10.7. The zero-order valence-corrected chi connectivity index (χ0v) is 18.9. The molecule has 0 aliphatic carbocycles. The third kappa shape index (κ3) is 9.83. The molecule has 4 amide bonds. The second-order valence-corrected chi connectivity index (χ2v) is 8.01. The van der Waals surface area contributed by atoms with Crippen molar-refractivity contribution in [2.24, 2.45) is 11.5 Å². The van der Waals surface area contributed by atoms with Crippen LogP contribution < -0.4 is 32.7 Å². The number of hydrogen-bond acceptors (Lipinski definition) is 8. The van der Waals surface area contributed by atoms with Gasteiger partial charge < -0.3 is 37.8 Å². The van der Waals surface area contributed by atoms with Crippen LogP contribution >= 0.6 is 12.6 Å². The van der Waals surface area contributed by atoms with Gasteiger partial charge in [0.1, 0.15) is 18.1 Å². The summed E-state index contributed by atoms with van der Waals surface area (Å²) in [4.78, 5) is 60.4. The van der Waals surface area contributed by atoms with Crippen molar-refractivity contribution in [2.45, 2.75) is 69.1 Å². The molecule has 1 aliphatic heterocycles. The van der Waals surface area contributed by atoms with Crippen LogP contribution in [0.1, 0.15) is 44.9 Å². The number of primary amides is 1. The molecule has 32 heavy (non-hydrogen) atoms. The Kier molecular flexibility index (Phi) is 12.7. The van der Waals surface area contributed by atoms with Gasteiger partial charge >= 0.3 is 5.97 Å². The number of thiol groups is 1. The van der Waals surface area contributed by atoms with Gasteiger partial charge in [-0.2, -0.15) is 12.6 Å². The summed E-state index contributed by atoms with van der Waals surface area (Å²) in [5.41, 5.74) is 10.7. The molecule has 1 fully saturated rings. The Morgan fingerprint density at radius 2 is 1.62 bits per heavy atom. The molecule has 0 aromatic carbocycles. The predicted molar refractivity (Wildman–Crippen MR) is 120 cm³/mol. The molecule has 9 N–H and O–H groups in total. The number of carboxylic acids is 1. The molecule has 0 bridgehead atoms. The SMILES string of the molecule is NCCCCC(NC(=O)C(CCC(N)=O)NC(=O)C1CCCN1)C(=O)NC(CS)C(=O)O. The summed E-state index contributed by atoms with van der Waals surface area (Å²) in [6, 6.07) is -3.79. The van der Waals surface area contributed by atoms with E-state index in [9.17, 15) is 24.0 Å². The molecule has 1 aliphatic rings. The van der Waals surface area contributed by atoms with E-state index < -0.39 is 47.9 Å². The average Bonchev–Trinajstić information content (AvgIpc) is 3.28. The number of hydrogen-bond donors (Lipinski definition) is 8. The number of carbonyl (C=O) groups excluding carboxylic acids is 4. The van der Waals surface area contributed by atoms with Gasteiger partial charge in [-0.05, 0) is 51.6 Å². The molecular formula is C19H34N6O6S.